The molecule has 2 heteroatoms. The van der Waals surface area contributed by atoms with Gasteiger partial charge in [0.25, 0.3) is 0 Å². The molecule has 1 rings (SSSR count). The monoisotopic (exact) mass is 268 g/mol. The molecular formula is C17H36N2. The standard InChI is InChI=1S/C17H36N2/c1-6-17(7-2,13-18-8-3)14-19-11-9-16(10-12-19)15(4)5/h15-16,18H,6-14H2,1-5H3. The Kier molecular flexibility index (Phi) is 7.38. The molecule has 0 aromatic heterocycles. The first-order chi connectivity index (χ1) is 9.06. The minimum Gasteiger partial charge on any atom is -0.316 e. The summed E-state index contributed by atoms with van der Waals surface area (Å²) >= 11 is 0. The third-order valence-electron chi connectivity index (χ3n) is 5.38. The molecule has 0 aromatic rings. The first-order valence-electron chi connectivity index (χ1n) is 8.50. The summed E-state index contributed by atoms with van der Waals surface area (Å²) in [6.07, 6.45) is 5.39. The van der Waals surface area contributed by atoms with Crippen LogP contribution in [0.15, 0.2) is 0 Å². The third kappa shape index (κ3) is 5.07. The second-order valence-corrected chi connectivity index (χ2v) is 6.85. The van der Waals surface area contributed by atoms with Crippen molar-refractivity contribution >= 4 is 0 Å². The normalized spacial score (nSPS) is 19.3. The van der Waals surface area contributed by atoms with E-state index in [1.165, 1.54) is 51.9 Å². The highest BCUT2D eigenvalue weighted by molar-refractivity contribution is 4.85. The van der Waals surface area contributed by atoms with Gasteiger partial charge in [-0.25, -0.2) is 0 Å². The molecule has 2 nitrogen and oxygen atoms in total. The van der Waals surface area contributed by atoms with Crippen LogP contribution in [-0.4, -0.2) is 37.6 Å². The second kappa shape index (κ2) is 8.26. The lowest BCUT2D eigenvalue weighted by molar-refractivity contribution is 0.0904. The van der Waals surface area contributed by atoms with Crippen LogP contribution in [0.5, 0.6) is 0 Å². The Hall–Kier alpha value is -0.0800. The van der Waals surface area contributed by atoms with Crippen LogP contribution >= 0.6 is 0 Å². The fourth-order valence-corrected chi connectivity index (χ4v) is 3.42. The zero-order valence-corrected chi connectivity index (χ0v) is 14.0. The topological polar surface area (TPSA) is 15.3 Å². The number of nitrogens with zero attached hydrogens (tertiary/aromatic N) is 1. The van der Waals surface area contributed by atoms with Crippen molar-refractivity contribution in [2.45, 2.75) is 60.3 Å². The lowest BCUT2D eigenvalue weighted by Gasteiger charge is -2.41. The van der Waals surface area contributed by atoms with Crippen molar-refractivity contribution in [1.29, 1.82) is 0 Å². The molecule has 0 saturated carbocycles. The van der Waals surface area contributed by atoms with Crippen LogP contribution in [0.3, 0.4) is 0 Å². The van der Waals surface area contributed by atoms with Crippen molar-refractivity contribution in [2.24, 2.45) is 17.3 Å². The molecule has 1 N–H and O–H groups in total. The number of hydrogen-bond donors (Lipinski definition) is 1. The maximum absolute atomic E-state index is 3.58. The zero-order valence-electron chi connectivity index (χ0n) is 14.0. The van der Waals surface area contributed by atoms with Gasteiger partial charge in [-0.2, -0.15) is 0 Å². The summed E-state index contributed by atoms with van der Waals surface area (Å²) in [4.78, 5) is 2.73. The number of piperidine rings is 1. The molecule has 0 radical (unpaired) electrons. The summed E-state index contributed by atoms with van der Waals surface area (Å²) in [5.74, 6) is 1.83. The zero-order chi connectivity index (χ0) is 14.3. The van der Waals surface area contributed by atoms with Crippen molar-refractivity contribution in [3.05, 3.63) is 0 Å². The number of likely N-dealkylation sites (tertiary alicyclic amines) is 1. The number of nitrogens with one attached hydrogen (secondary N) is 1. The fourth-order valence-electron chi connectivity index (χ4n) is 3.42. The van der Waals surface area contributed by atoms with Crippen molar-refractivity contribution in [1.82, 2.24) is 10.2 Å². The average molecular weight is 268 g/mol. The summed E-state index contributed by atoms with van der Waals surface area (Å²) in [5.41, 5.74) is 0.487. The molecule has 0 atom stereocenters. The first kappa shape index (κ1) is 17.0. The lowest BCUT2D eigenvalue weighted by Crippen LogP contribution is -2.46. The Morgan fingerprint density at radius 2 is 1.68 bits per heavy atom. The Bertz CT molecular complexity index is 225. The molecule has 114 valence electrons. The summed E-state index contributed by atoms with van der Waals surface area (Å²) in [7, 11) is 0. The Balaban J connectivity index is 2.47. The predicted octanol–water partition coefficient (Wildman–Crippen LogP) is 3.77. The fraction of sp³-hybridized carbons (Fsp3) is 1.00. The van der Waals surface area contributed by atoms with Crippen molar-refractivity contribution < 1.29 is 0 Å². The van der Waals surface area contributed by atoms with Gasteiger partial charge in [0.05, 0.1) is 0 Å². The second-order valence-electron chi connectivity index (χ2n) is 6.85. The van der Waals surface area contributed by atoms with Gasteiger partial charge >= 0.3 is 0 Å². The van der Waals surface area contributed by atoms with Crippen LogP contribution in [0.2, 0.25) is 0 Å². The number of hydrogen-bond acceptors (Lipinski definition) is 2. The van der Waals surface area contributed by atoms with E-state index in [0.717, 1.165) is 18.4 Å². The largest absolute Gasteiger partial charge is 0.316 e. The molecule has 19 heavy (non-hydrogen) atoms. The van der Waals surface area contributed by atoms with Gasteiger partial charge in [-0.1, -0.05) is 34.6 Å². The van der Waals surface area contributed by atoms with Crippen LogP contribution in [0.4, 0.5) is 0 Å². The van der Waals surface area contributed by atoms with Gasteiger partial charge < -0.3 is 10.2 Å². The van der Waals surface area contributed by atoms with E-state index in [-0.39, 0.29) is 0 Å². The van der Waals surface area contributed by atoms with Crippen LogP contribution in [0.1, 0.15) is 60.3 Å². The smallest absolute Gasteiger partial charge is 0.00499 e. The van der Waals surface area contributed by atoms with Crippen LogP contribution in [0, 0.1) is 17.3 Å². The molecule has 1 saturated heterocycles. The van der Waals surface area contributed by atoms with Crippen LogP contribution < -0.4 is 5.32 Å². The minimum atomic E-state index is 0.487. The first-order valence-corrected chi connectivity index (χ1v) is 8.50. The molecule has 0 amide bonds. The Labute approximate surface area is 121 Å². The Morgan fingerprint density at radius 3 is 2.11 bits per heavy atom. The highest BCUT2D eigenvalue weighted by Gasteiger charge is 2.30. The molecule has 1 heterocycles. The molecule has 0 unspecified atom stereocenters. The molecule has 0 aliphatic carbocycles. The van der Waals surface area contributed by atoms with Crippen molar-refractivity contribution in [3.8, 4) is 0 Å². The van der Waals surface area contributed by atoms with Gasteiger partial charge in [0.15, 0.2) is 0 Å². The Morgan fingerprint density at radius 1 is 1.11 bits per heavy atom. The van der Waals surface area contributed by atoms with E-state index in [1.54, 1.807) is 0 Å². The van der Waals surface area contributed by atoms with Crippen molar-refractivity contribution in [2.75, 3.05) is 32.7 Å². The van der Waals surface area contributed by atoms with E-state index in [4.69, 9.17) is 0 Å². The van der Waals surface area contributed by atoms with E-state index < -0.39 is 0 Å². The summed E-state index contributed by atoms with van der Waals surface area (Å²) < 4.78 is 0. The highest BCUT2D eigenvalue weighted by Crippen LogP contribution is 2.30. The van der Waals surface area contributed by atoms with E-state index in [1.807, 2.05) is 0 Å². The molecular weight excluding hydrogens is 232 g/mol. The van der Waals surface area contributed by atoms with Gasteiger partial charge in [0.1, 0.15) is 0 Å². The van der Waals surface area contributed by atoms with Gasteiger partial charge in [-0.3, -0.25) is 0 Å². The highest BCUT2D eigenvalue weighted by atomic mass is 15.1. The maximum atomic E-state index is 3.58. The minimum absolute atomic E-state index is 0.487. The summed E-state index contributed by atoms with van der Waals surface area (Å²) in [6, 6.07) is 0. The molecule has 1 aliphatic rings. The molecule has 1 fully saturated rings. The molecule has 0 spiro atoms. The van der Waals surface area contributed by atoms with Gasteiger partial charge in [-0.15, -0.1) is 0 Å². The summed E-state index contributed by atoms with van der Waals surface area (Å²) in [6.45, 7) is 17.9. The van der Waals surface area contributed by atoms with E-state index in [2.05, 4.69) is 44.8 Å². The van der Waals surface area contributed by atoms with Gasteiger partial charge in [0, 0.05) is 13.1 Å². The van der Waals surface area contributed by atoms with E-state index >= 15 is 0 Å². The molecule has 0 aromatic carbocycles. The quantitative estimate of drug-likeness (QED) is 0.721. The van der Waals surface area contributed by atoms with Crippen LogP contribution in [-0.2, 0) is 0 Å². The molecule has 1 aliphatic heterocycles. The van der Waals surface area contributed by atoms with Crippen LogP contribution in [0.25, 0.3) is 0 Å². The maximum Gasteiger partial charge on any atom is 0.00499 e. The number of rotatable bonds is 8. The van der Waals surface area contributed by atoms with E-state index in [0.29, 0.717) is 5.41 Å². The average Bonchev–Trinajstić information content (AvgIpc) is 2.44. The predicted molar refractivity (Wildman–Crippen MR) is 85.6 cm³/mol. The molecule has 0 bridgehead atoms. The third-order valence-corrected chi connectivity index (χ3v) is 5.38. The lowest BCUT2D eigenvalue weighted by atomic mass is 9.80. The van der Waals surface area contributed by atoms with Crippen molar-refractivity contribution in [3.63, 3.8) is 0 Å². The van der Waals surface area contributed by atoms with E-state index in [9.17, 15) is 0 Å². The SMILES string of the molecule is CCNCC(CC)(CC)CN1CCC(C(C)C)CC1. The van der Waals surface area contributed by atoms with Gasteiger partial charge in [0.2, 0.25) is 0 Å². The van der Waals surface area contributed by atoms with Gasteiger partial charge in [-0.05, 0) is 62.6 Å². The summed E-state index contributed by atoms with van der Waals surface area (Å²) in [5, 5.41) is 3.58.